The van der Waals surface area contributed by atoms with E-state index in [9.17, 15) is 18.0 Å². The number of pyridine rings is 1. The van der Waals surface area contributed by atoms with Crippen LogP contribution in [0.4, 0.5) is 18.0 Å². The summed E-state index contributed by atoms with van der Waals surface area (Å²) in [4.78, 5) is 15.8. The van der Waals surface area contributed by atoms with Crippen molar-refractivity contribution in [1.82, 2.24) is 10.3 Å². The van der Waals surface area contributed by atoms with Crippen LogP contribution < -0.4 is 10.1 Å². The van der Waals surface area contributed by atoms with Gasteiger partial charge in [-0.05, 0) is 87.9 Å². The van der Waals surface area contributed by atoms with E-state index in [1.54, 1.807) is 12.1 Å². The van der Waals surface area contributed by atoms with E-state index in [0.29, 0.717) is 37.0 Å². The molecule has 8 heteroatoms. The molecule has 1 saturated carbocycles. The van der Waals surface area contributed by atoms with Gasteiger partial charge in [0.05, 0.1) is 11.7 Å². The molecule has 1 aliphatic carbocycles. The third-order valence-electron chi connectivity index (χ3n) is 4.99. The van der Waals surface area contributed by atoms with Crippen molar-refractivity contribution >= 4 is 6.09 Å². The second-order valence-electron chi connectivity index (χ2n) is 8.68. The van der Waals surface area contributed by atoms with E-state index in [2.05, 4.69) is 10.3 Å². The zero-order valence-electron chi connectivity index (χ0n) is 17.8. The Bertz CT molecular complexity index is 887. The third kappa shape index (κ3) is 6.60. The predicted octanol–water partition coefficient (Wildman–Crippen LogP) is 5.98. The zero-order chi connectivity index (χ0) is 22.6. The Kier molecular flexibility index (Phi) is 6.77. The van der Waals surface area contributed by atoms with Gasteiger partial charge in [-0.1, -0.05) is 0 Å². The highest BCUT2D eigenvalue weighted by atomic mass is 19.4. The van der Waals surface area contributed by atoms with Crippen LogP contribution in [-0.4, -0.2) is 28.8 Å². The van der Waals surface area contributed by atoms with Crippen LogP contribution in [0.25, 0.3) is 11.1 Å². The minimum Gasteiger partial charge on any atom is -0.490 e. The summed E-state index contributed by atoms with van der Waals surface area (Å²) in [5.74, 6) is 0.392. The van der Waals surface area contributed by atoms with Gasteiger partial charge in [-0.25, -0.2) is 4.79 Å². The van der Waals surface area contributed by atoms with Crippen LogP contribution in [0.15, 0.2) is 42.7 Å². The molecule has 0 radical (unpaired) electrons. The number of halogens is 3. The van der Waals surface area contributed by atoms with Gasteiger partial charge < -0.3 is 14.8 Å². The second-order valence-corrected chi connectivity index (χ2v) is 8.68. The highest BCUT2D eigenvalue weighted by Crippen LogP contribution is 2.39. The average Bonchev–Trinajstić information content (AvgIpc) is 2.68. The predicted molar refractivity (Wildman–Crippen MR) is 111 cm³/mol. The Balaban J connectivity index is 1.64. The number of rotatable bonds is 4. The monoisotopic (exact) mass is 436 g/mol. The molecule has 1 aromatic heterocycles. The van der Waals surface area contributed by atoms with E-state index < -0.39 is 23.4 Å². The highest BCUT2D eigenvalue weighted by Gasteiger charge is 2.34. The van der Waals surface area contributed by atoms with Crippen LogP contribution in [-0.2, 0) is 10.9 Å². The molecular formula is C23H27F3N2O3. The van der Waals surface area contributed by atoms with Crippen molar-refractivity contribution in [3.05, 3.63) is 48.3 Å². The number of alkyl halides is 3. The first-order valence-corrected chi connectivity index (χ1v) is 10.3. The molecule has 1 aliphatic rings. The lowest BCUT2D eigenvalue weighted by Gasteiger charge is -2.30. The number of nitrogens with one attached hydrogen (secondary N) is 1. The van der Waals surface area contributed by atoms with Gasteiger partial charge in [0.1, 0.15) is 11.4 Å². The molecule has 1 N–H and O–H groups in total. The average molecular weight is 436 g/mol. The molecule has 0 saturated heterocycles. The number of carbonyl (C=O) groups is 1. The lowest BCUT2D eigenvalue weighted by Crippen LogP contribution is -2.42. The number of hydrogen-bond donors (Lipinski definition) is 1. The number of benzene rings is 1. The Labute approximate surface area is 180 Å². The summed E-state index contributed by atoms with van der Waals surface area (Å²) in [6.07, 6.45) is 0.675. The van der Waals surface area contributed by atoms with Crippen LogP contribution in [0.3, 0.4) is 0 Å². The summed E-state index contributed by atoms with van der Waals surface area (Å²) in [5.41, 5.74) is -0.776. The maximum atomic E-state index is 13.5. The standard InChI is InChI=1S/C23H27F3N2O3/c1-22(2,3)31-21(29)28-16-4-6-17(7-5-16)30-18-8-9-20(23(24,25)26)19(14-18)15-10-12-27-13-11-15/h8-14,16-17H,4-7H2,1-3H3,(H,28,29). The summed E-state index contributed by atoms with van der Waals surface area (Å²) in [6.45, 7) is 5.42. The number of nitrogens with zero attached hydrogens (tertiary/aromatic N) is 1. The Morgan fingerprint density at radius 3 is 2.26 bits per heavy atom. The molecule has 0 spiro atoms. The molecule has 0 bridgehead atoms. The molecule has 1 heterocycles. The first-order chi connectivity index (χ1) is 14.5. The summed E-state index contributed by atoms with van der Waals surface area (Å²) < 4.78 is 51.7. The van der Waals surface area contributed by atoms with Gasteiger partial charge in [-0.15, -0.1) is 0 Å². The fourth-order valence-electron chi connectivity index (χ4n) is 3.61. The molecule has 3 rings (SSSR count). The fraction of sp³-hybridized carbons (Fsp3) is 0.478. The Hall–Kier alpha value is -2.77. The van der Waals surface area contributed by atoms with Gasteiger partial charge in [0.25, 0.3) is 0 Å². The maximum Gasteiger partial charge on any atom is 0.417 e. The fourth-order valence-corrected chi connectivity index (χ4v) is 3.61. The van der Waals surface area contributed by atoms with Gasteiger partial charge in [0.15, 0.2) is 0 Å². The highest BCUT2D eigenvalue weighted by molar-refractivity contribution is 5.69. The molecule has 5 nitrogen and oxygen atoms in total. The first kappa shape index (κ1) is 22.9. The molecule has 0 aliphatic heterocycles. The summed E-state index contributed by atoms with van der Waals surface area (Å²) in [7, 11) is 0. The maximum absolute atomic E-state index is 13.5. The minimum absolute atomic E-state index is 0.00492. The van der Waals surface area contributed by atoms with E-state index in [1.165, 1.54) is 24.5 Å². The van der Waals surface area contributed by atoms with Crippen molar-refractivity contribution in [1.29, 1.82) is 0 Å². The molecule has 0 unspecified atom stereocenters. The van der Waals surface area contributed by atoms with Gasteiger partial charge in [-0.2, -0.15) is 13.2 Å². The quantitative estimate of drug-likeness (QED) is 0.640. The summed E-state index contributed by atoms with van der Waals surface area (Å²) in [6, 6.07) is 6.93. The van der Waals surface area contributed by atoms with Crippen molar-refractivity contribution in [2.24, 2.45) is 0 Å². The number of alkyl carbamates (subject to hydrolysis) is 1. The SMILES string of the molecule is CC(C)(C)OC(=O)NC1CCC(Oc2ccc(C(F)(F)F)c(-c3ccncc3)c2)CC1. The first-order valence-electron chi connectivity index (χ1n) is 10.3. The van der Waals surface area contributed by atoms with Crippen LogP contribution in [0, 0.1) is 0 Å². The molecule has 1 amide bonds. The van der Waals surface area contributed by atoms with Gasteiger partial charge in [0, 0.05) is 18.4 Å². The van der Waals surface area contributed by atoms with E-state index in [0.717, 1.165) is 6.07 Å². The van der Waals surface area contributed by atoms with Crippen molar-refractivity contribution in [3.8, 4) is 16.9 Å². The van der Waals surface area contributed by atoms with E-state index in [4.69, 9.17) is 9.47 Å². The molecule has 168 valence electrons. The molecule has 2 aromatic rings. The van der Waals surface area contributed by atoms with Crippen LogP contribution in [0.2, 0.25) is 0 Å². The molecule has 31 heavy (non-hydrogen) atoms. The van der Waals surface area contributed by atoms with Gasteiger partial charge in [-0.3, -0.25) is 4.98 Å². The van der Waals surface area contributed by atoms with Crippen LogP contribution in [0.5, 0.6) is 5.75 Å². The van der Waals surface area contributed by atoms with Gasteiger partial charge in [0.2, 0.25) is 0 Å². The summed E-state index contributed by atoms with van der Waals surface area (Å²) >= 11 is 0. The number of amides is 1. The number of carbonyl (C=O) groups excluding carboxylic acids is 1. The van der Waals surface area contributed by atoms with Crippen molar-refractivity contribution in [3.63, 3.8) is 0 Å². The normalized spacial score (nSPS) is 19.5. The van der Waals surface area contributed by atoms with Crippen LogP contribution >= 0.6 is 0 Å². The lowest BCUT2D eigenvalue weighted by molar-refractivity contribution is -0.137. The third-order valence-corrected chi connectivity index (χ3v) is 4.99. The van der Waals surface area contributed by atoms with Gasteiger partial charge >= 0.3 is 12.3 Å². The topological polar surface area (TPSA) is 60.5 Å². The number of ether oxygens (including phenoxy) is 2. The zero-order valence-corrected chi connectivity index (χ0v) is 17.8. The second kappa shape index (κ2) is 9.16. The minimum atomic E-state index is -4.47. The molecule has 0 atom stereocenters. The van der Waals surface area contributed by atoms with E-state index in [-0.39, 0.29) is 17.7 Å². The Morgan fingerprint density at radius 2 is 1.68 bits per heavy atom. The number of hydrogen-bond acceptors (Lipinski definition) is 4. The van der Waals surface area contributed by atoms with Crippen LogP contribution in [0.1, 0.15) is 52.0 Å². The molecule has 1 fully saturated rings. The van der Waals surface area contributed by atoms with E-state index >= 15 is 0 Å². The number of aromatic nitrogens is 1. The van der Waals surface area contributed by atoms with Crippen molar-refractivity contribution in [2.45, 2.75) is 70.4 Å². The smallest absolute Gasteiger partial charge is 0.417 e. The van der Waals surface area contributed by atoms with Crippen molar-refractivity contribution < 1.29 is 27.4 Å². The Morgan fingerprint density at radius 1 is 1.03 bits per heavy atom. The molecular weight excluding hydrogens is 409 g/mol. The largest absolute Gasteiger partial charge is 0.490 e. The van der Waals surface area contributed by atoms with Crippen molar-refractivity contribution in [2.75, 3.05) is 0 Å². The molecule has 1 aromatic carbocycles. The summed E-state index contributed by atoms with van der Waals surface area (Å²) in [5, 5.41) is 2.87. The lowest BCUT2D eigenvalue weighted by atomic mass is 9.93. The van der Waals surface area contributed by atoms with E-state index in [1.807, 2.05) is 20.8 Å².